The SMILES string of the molecule is O=C(c1csnn1)N(Cc1ccccc1)Cc1nccs1. The molecular weight excluding hydrogens is 304 g/mol. The highest BCUT2D eigenvalue weighted by Gasteiger charge is 2.19. The summed E-state index contributed by atoms with van der Waals surface area (Å²) in [5.74, 6) is -0.122. The van der Waals surface area contributed by atoms with Gasteiger partial charge in [-0.3, -0.25) is 4.79 Å². The van der Waals surface area contributed by atoms with Crippen LogP contribution in [-0.4, -0.2) is 25.4 Å². The topological polar surface area (TPSA) is 59.0 Å². The maximum atomic E-state index is 12.5. The minimum Gasteiger partial charge on any atom is -0.326 e. The fourth-order valence-electron chi connectivity index (χ4n) is 1.92. The number of hydrogen-bond acceptors (Lipinski definition) is 6. The summed E-state index contributed by atoms with van der Waals surface area (Å²) >= 11 is 2.72. The number of hydrogen-bond donors (Lipinski definition) is 0. The molecule has 0 N–H and O–H groups in total. The van der Waals surface area contributed by atoms with Crippen molar-refractivity contribution in [3.05, 3.63) is 63.6 Å². The van der Waals surface area contributed by atoms with Crippen molar-refractivity contribution in [1.29, 1.82) is 0 Å². The van der Waals surface area contributed by atoms with Crippen molar-refractivity contribution in [2.75, 3.05) is 0 Å². The van der Waals surface area contributed by atoms with Crippen molar-refractivity contribution in [3.8, 4) is 0 Å². The number of benzene rings is 1. The lowest BCUT2D eigenvalue weighted by molar-refractivity contribution is 0.0724. The molecule has 2 heterocycles. The molecule has 5 nitrogen and oxygen atoms in total. The molecule has 0 saturated carbocycles. The average molecular weight is 316 g/mol. The van der Waals surface area contributed by atoms with E-state index in [4.69, 9.17) is 0 Å². The zero-order chi connectivity index (χ0) is 14.5. The predicted molar refractivity (Wildman–Crippen MR) is 82.0 cm³/mol. The molecule has 0 spiro atoms. The van der Waals surface area contributed by atoms with Crippen LogP contribution in [0.25, 0.3) is 0 Å². The molecule has 0 aliphatic heterocycles. The van der Waals surface area contributed by atoms with Gasteiger partial charge in [-0.15, -0.1) is 16.4 Å². The summed E-state index contributed by atoms with van der Waals surface area (Å²) < 4.78 is 3.76. The van der Waals surface area contributed by atoms with Crippen LogP contribution in [0, 0.1) is 0 Å². The molecule has 0 unspecified atom stereocenters. The van der Waals surface area contributed by atoms with Crippen LogP contribution in [0.1, 0.15) is 21.1 Å². The van der Waals surface area contributed by atoms with Crippen molar-refractivity contribution in [2.24, 2.45) is 0 Å². The van der Waals surface area contributed by atoms with Gasteiger partial charge in [-0.05, 0) is 17.1 Å². The quantitative estimate of drug-likeness (QED) is 0.726. The Labute approximate surface area is 130 Å². The molecule has 0 aliphatic rings. The van der Waals surface area contributed by atoms with Crippen molar-refractivity contribution in [1.82, 2.24) is 19.5 Å². The first-order chi connectivity index (χ1) is 10.3. The van der Waals surface area contributed by atoms with Crippen molar-refractivity contribution in [3.63, 3.8) is 0 Å². The third-order valence-electron chi connectivity index (χ3n) is 2.89. The summed E-state index contributed by atoms with van der Waals surface area (Å²) in [5.41, 5.74) is 1.46. The lowest BCUT2D eigenvalue weighted by atomic mass is 10.2. The Morgan fingerprint density at radius 3 is 2.71 bits per heavy atom. The van der Waals surface area contributed by atoms with Crippen LogP contribution < -0.4 is 0 Å². The number of nitrogens with zero attached hydrogens (tertiary/aromatic N) is 4. The second-order valence-electron chi connectivity index (χ2n) is 4.36. The van der Waals surface area contributed by atoms with Crippen LogP contribution in [0.4, 0.5) is 0 Å². The molecule has 0 bridgehead atoms. The van der Waals surface area contributed by atoms with Crippen LogP contribution in [0.5, 0.6) is 0 Å². The van der Waals surface area contributed by atoms with Crippen molar-refractivity contribution >= 4 is 28.8 Å². The molecule has 0 atom stereocenters. The number of rotatable bonds is 5. The van der Waals surface area contributed by atoms with Crippen molar-refractivity contribution < 1.29 is 4.79 Å². The van der Waals surface area contributed by atoms with Gasteiger partial charge in [0.25, 0.3) is 5.91 Å². The Kier molecular flexibility index (Phi) is 4.32. The van der Waals surface area contributed by atoms with E-state index in [2.05, 4.69) is 14.6 Å². The molecule has 3 aromatic rings. The molecule has 1 aromatic carbocycles. The van der Waals surface area contributed by atoms with E-state index < -0.39 is 0 Å². The second kappa shape index (κ2) is 6.55. The largest absolute Gasteiger partial charge is 0.326 e. The minimum atomic E-state index is -0.122. The molecule has 3 rings (SSSR count). The summed E-state index contributed by atoms with van der Waals surface area (Å²) in [5, 5.41) is 8.35. The zero-order valence-corrected chi connectivity index (χ0v) is 12.7. The lowest BCUT2D eigenvalue weighted by Gasteiger charge is -2.20. The molecule has 1 amide bonds. The summed E-state index contributed by atoms with van der Waals surface area (Å²) in [7, 11) is 0. The highest BCUT2D eigenvalue weighted by Crippen LogP contribution is 2.15. The first-order valence-corrected chi connectivity index (χ1v) is 8.03. The van der Waals surface area contributed by atoms with E-state index in [0.717, 1.165) is 10.6 Å². The molecule has 0 fully saturated rings. The molecular formula is C14H12N4OS2. The Hall–Kier alpha value is -2.12. The third-order valence-corrected chi connectivity index (χ3v) is 4.16. The first-order valence-electron chi connectivity index (χ1n) is 6.31. The van der Waals surface area contributed by atoms with Gasteiger partial charge in [0.2, 0.25) is 0 Å². The van der Waals surface area contributed by atoms with Gasteiger partial charge in [-0.2, -0.15) is 0 Å². The average Bonchev–Trinajstić information content (AvgIpc) is 3.20. The van der Waals surface area contributed by atoms with E-state index in [1.807, 2.05) is 35.7 Å². The van der Waals surface area contributed by atoms with E-state index in [1.165, 1.54) is 22.9 Å². The molecule has 21 heavy (non-hydrogen) atoms. The fourth-order valence-corrected chi connectivity index (χ4v) is 2.98. The molecule has 7 heteroatoms. The van der Waals surface area contributed by atoms with E-state index in [9.17, 15) is 4.79 Å². The van der Waals surface area contributed by atoms with Crippen LogP contribution in [0.3, 0.4) is 0 Å². The Morgan fingerprint density at radius 2 is 2.05 bits per heavy atom. The highest BCUT2D eigenvalue weighted by atomic mass is 32.1. The molecule has 0 saturated heterocycles. The van der Waals surface area contributed by atoms with Gasteiger partial charge in [-0.1, -0.05) is 34.8 Å². The predicted octanol–water partition coefficient (Wildman–Crippen LogP) is 2.84. The standard InChI is InChI=1S/C14H12N4OS2/c19-14(12-10-21-17-16-12)18(9-13-15-6-7-20-13)8-11-4-2-1-3-5-11/h1-7,10H,8-9H2. The van der Waals surface area contributed by atoms with Crippen LogP contribution in [0.2, 0.25) is 0 Å². The van der Waals surface area contributed by atoms with Gasteiger partial charge >= 0.3 is 0 Å². The second-order valence-corrected chi connectivity index (χ2v) is 5.95. The summed E-state index contributed by atoms with van der Waals surface area (Å²) in [6.45, 7) is 1.000. The minimum absolute atomic E-state index is 0.122. The zero-order valence-electron chi connectivity index (χ0n) is 11.0. The van der Waals surface area contributed by atoms with E-state index in [-0.39, 0.29) is 5.91 Å². The Balaban J connectivity index is 1.82. The molecule has 106 valence electrons. The number of amides is 1. The molecule has 0 aliphatic carbocycles. The van der Waals surface area contributed by atoms with Gasteiger partial charge in [0.1, 0.15) is 5.01 Å². The molecule has 2 aromatic heterocycles. The first kappa shape index (κ1) is 13.8. The third kappa shape index (κ3) is 3.50. The van der Waals surface area contributed by atoms with E-state index in [0.29, 0.717) is 18.8 Å². The van der Waals surface area contributed by atoms with Crippen LogP contribution in [-0.2, 0) is 13.1 Å². The lowest BCUT2D eigenvalue weighted by Crippen LogP contribution is -2.30. The number of carbonyl (C=O) groups is 1. The van der Waals surface area contributed by atoms with Gasteiger partial charge in [0, 0.05) is 23.5 Å². The fraction of sp³-hybridized carbons (Fsp3) is 0.143. The van der Waals surface area contributed by atoms with Crippen molar-refractivity contribution in [2.45, 2.75) is 13.1 Å². The monoisotopic (exact) mass is 316 g/mol. The normalized spacial score (nSPS) is 10.5. The van der Waals surface area contributed by atoms with E-state index >= 15 is 0 Å². The Morgan fingerprint density at radius 1 is 1.19 bits per heavy atom. The Bertz CT molecular complexity index is 683. The molecule has 0 radical (unpaired) electrons. The number of thiazole rings is 1. The van der Waals surface area contributed by atoms with Crippen LogP contribution in [0.15, 0.2) is 47.3 Å². The van der Waals surface area contributed by atoms with Gasteiger partial charge in [0.15, 0.2) is 5.69 Å². The summed E-state index contributed by atoms with van der Waals surface area (Å²) in [4.78, 5) is 18.5. The summed E-state index contributed by atoms with van der Waals surface area (Å²) in [6, 6.07) is 9.89. The van der Waals surface area contributed by atoms with Gasteiger partial charge < -0.3 is 4.90 Å². The smallest absolute Gasteiger partial charge is 0.275 e. The highest BCUT2D eigenvalue weighted by molar-refractivity contribution is 7.09. The maximum absolute atomic E-state index is 12.5. The van der Waals surface area contributed by atoms with E-state index in [1.54, 1.807) is 16.5 Å². The number of carbonyl (C=O) groups excluding carboxylic acids is 1. The van der Waals surface area contributed by atoms with Gasteiger partial charge in [-0.25, -0.2) is 4.98 Å². The maximum Gasteiger partial charge on any atom is 0.275 e. The summed E-state index contributed by atoms with van der Waals surface area (Å²) in [6.07, 6.45) is 1.75. The van der Waals surface area contributed by atoms with Gasteiger partial charge in [0.05, 0.1) is 6.54 Å². The number of aromatic nitrogens is 3. The van der Waals surface area contributed by atoms with Crippen LogP contribution >= 0.6 is 22.9 Å².